The summed E-state index contributed by atoms with van der Waals surface area (Å²) >= 11 is 14.3. The van der Waals surface area contributed by atoms with Gasteiger partial charge < -0.3 is 110 Å². The molecule has 5 aromatic rings. The number of rotatable bonds is 31. The highest BCUT2D eigenvalue weighted by Crippen LogP contribution is 2.50. The van der Waals surface area contributed by atoms with Crippen molar-refractivity contribution in [2.75, 3.05) is 53.2 Å². The molecular formula is C84H99Cl2N9O25. The predicted molar refractivity (Wildman–Crippen MR) is 434 cm³/mol. The van der Waals surface area contributed by atoms with E-state index in [9.17, 15) is 54.6 Å². The van der Waals surface area contributed by atoms with Crippen LogP contribution < -0.4 is 71.0 Å². The molecule has 1 saturated heterocycles. The predicted octanol–water partition coefficient (Wildman–Crippen LogP) is 6.83. The Bertz CT molecular complexity index is 4640. The van der Waals surface area contributed by atoms with Crippen LogP contribution in [0.3, 0.4) is 0 Å². The summed E-state index contributed by atoms with van der Waals surface area (Å²) in [4.78, 5) is 152. The second-order valence-electron chi connectivity index (χ2n) is 28.8. The number of esters is 1. The first-order chi connectivity index (χ1) is 57.5. The number of imide groups is 1. The number of unbranched alkanes of at least 4 members (excludes halogenated alkanes) is 5. The molecule has 1 fully saturated rings. The fraction of sp³-hybridized carbons (Fsp3) is 0.405. The monoisotopic (exact) mass is 1700 g/mol. The Balaban J connectivity index is 1.34. The van der Waals surface area contributed by atoms with E-state index >= 15 is 24.0 Å². The number of amides is 10. The summed E-state index contributed by atoms with van der Waals surface area (Å²) in [7, 11) is 1.24. The van der Waals surface area contributed by atoms with E-state index in [2.05, 4.69) is 82.4 Å². The lowest BCUT2D eigenvalue weighted by Crippen LogP contribution is -2.60. The van der Waals surface area contributed by atoms with Crippen molar-refractivity contribution in [1.82, 2.24) is 47.4 Å². The van der Waals surface area contributed by atoms with Crippen LogP contribution in [0.15, 0.2) is 142 Å². The maximum Gasteiger partial charge on any atom is 0.410 e. The number of carbonyl (C=O) groups is 10. The smallest absolute Gasteiger partial charge is 0.410 e. The van der Waals surface area contributed by atoms with Gasteiger partial charge in [-0.25, -0.2) is 14.4 Å². The van der Waals surface area contributed by atoms with Gasteiger partial charge in [0.2, 0.25) is 53.4 Å². The molecule has 0 radical (unpaired) electrons. The van der Waals surface area contributed by atoms with Crippen molar-refractivity contribution in [2.24, 2.45) is 5.92 Å². The van der Waals surface area contributed by atoms with Crippen LogP contribution in [0.1, 0.15) is 130 Å². The van der Waals surface area contributed by atoms with E-state index in [-0.39, 0.29) is 107 Å². The number of nitrogens with zero attached hydrogens (tertiary/aromatic N) is 1. The van der Waals surface area contributed by atoms with E-state index in [1.54, 1.807) is 13.8 Å². The average Bonchev–Trinajstić information content (AvgIpc) is 0.760. The molecule has 5 unspecified atom stereocenters. The number of urea groups is 1. The van der Waals surface area contributed by atoms with Crippen molar-refractivity contribution >= 4 is 82.6 Å². The van der Waals surface area contributed by atoms with Crippen molar-refractivity contribution in [1.29, 1.82) is 0 Å². The lowest BCUT2D eigenvalue weighted by Gasteiger charge is -2.39. The van der Waals surface area contributed by atoms with Gasteiger partial charge >= 0.3 is 18.1 Å². The first kappa shape index (κ1) is 92.3. The van der Waals surface area contributed by atoms with Crippen LogP contribution in [0.2, 0.25) is 10.0 Å². The molecule has 0 saturated carbocycles. The lowest BCUT2D eigenvalue weighted by molar-refractivity contribution is -0.277. The second-order valence-corrected chi connectivity index (χ2v) is 29.6. The van der Waals surface area contributed by atoms with Gasteiger partial charge in [-0.3, -0.25) is 43.8 Å². The van der Waals surface area contributed by atoms with E-state index in [1.807, 2.05) is 0 Å². The van der Waals surface area contributed by atoms with E-state index in [0.29, 0.717) is 6.42 Å². The molecular weight excluding hydrogens is 1610 g/mol. The zero-order chi connectivity index (χ0) is 87.2. The first-order valence-electron chi connectivity index (χ1n) is 38.7. The highest BCUT2D eigenvalue weighted by molar-refractivity contribution is 6.32. The van der Waals surface area contributed by atoms with E-state index < -0.39 is 197 Å². The number of carbonyl (C=O) groups excluding carboxylic acids is 10. The van der Waals surface area contributed by atoms with Gasteiger partial charge in [-0.05, 0) is 95.6 Å². The fourth-order valence-corrected chi connectivity index (χ4v) is 13.9. The molecule has 0 aliphatic carbocycles. The largest absolute Gasteiger partial charge is 0.489 e. The number of hydrogen-bond acceptors (Lipinski definition) is 25. The number of likely N-dealkylation sites (N-methyl/N-ethyl adjacent to an activating group) is 1. The number of hydrogen-bond donors (Lipinski definition) is 14. The van der Waals surface area contributed by atoms with Crippen LogP contribution in [0, 0.1) is 5.92 Å². The molecule has 11 bridgehead atoms. The normalized spacial score (nSPS) is 22.3. The highest BCUT2D eigenvalue weighted by Gasteiger charge is 2.48. The van der Waals surface area contributed by atoms with Gasteiger partial charge in [0.05, 0.1) is 23.1 Å². The first-order valence-corrected chi connectivity index (χ1v) is 39.4. The summed E-state index contributed by atoms with van der Waals surface area (Å²) in [5, 5.41) is 89.0. The van der Waals surface area contributed by atoms with Crippen LogP contribution >= 0.6 is 23.2 Å². The van der Waals surface area contributed by atoms with Gasteiger partial charge in [-0.15, -0.1) is 0 Å². The molecule has 14 N–H and O–H groups in total. The maximum absolute atomic E-state index is 16.6. The Hall–Kier alpha value is -11.6. The number of aliphatic hydroxyl groups is 6. The van der Waals surface area contributed by atoms with Crippen LogP contribution in [-0.2, 0) is 52.6 Å². The summed E-state index contributed by atoms with van der Waals surface area (Å²) in [6.45, 7) is 22.0. The van der Waals surface area contributed by atoms with Gasteiger partial charge in [-0.1, -0.05) is 158 Å². The fourth-order valence-electron chi connectivity index (χ4n) is 13.4. The maximum atomic E-state index is 16.6. The minimum Gasteiger partial charge on any atom is -0.489 e. The van der Waals surface area contributed by atoms with Gasteiger partial charge in [0.1, 0.15) is 135 Å². The van der Waals surface area contributed by atoms with Gasteiger partial charge in [0.15, 0.2) is 17.5 Å². The summed E-state index contributed by atoms with van der Waals surface area (Å²) in [6.07, 6.45) is -4.99. The average molecular weight is 1710 g/mol. The SMILES string of the molecule is C=CCOC(=O)[C@H]1NC(=O)[C@@H]2NC(=O)[C@H](NC(=O)[C@@H]3NC(=O)[C@H](CC(=O)NC(=O)NCCCCCCCC)NC(=O)[C@H](NC(=O)[C@@H](CC(C)C)N(C)C(=O)OCC=C)[C@H](O)c4ccc(c(Cl)c4)Oc4cc3cc(c4OC3OC(CO)C(O)C(O)C3O)Oc3ccc(cc3Cl)[C@H]2O)c2ccc(OCC=C)c(c2)-c2c(OCC=C)cc(OCC=C)cc21. The van der Waals surface area contributed by atoms with E-state index in [1.165, 1.54) is 79.9 Å². The lowest BCUT2D eigenvalue weighted by atomic mass is 9.89. The molecule has 5 aromatic carbocycles. The molecule has 0 spiro atoms. The summed E-state index contributed by atoms with van der Waals surface area (Å²) < 4.78 is 55.2. The van der Waals surface area contributed by atoms with Crippen molar-refractivity contribution in [2.45, 2.75) is 157 Å². The van der Waals surface area contributed by atoms with Crippen LogP contribution in [0.5, 0.6) is 46.0 Å². The van der Waals surface area contributed by atoms with Gasteiger partial charge in [0.25, 0.3) is 0 Å². The molecule has 36 heteroatoms. The minimum absolute atomic E-state index is 0.0164. The van der Waals surface area contributed by atoms with Crippen molar-refractivity contribution in [3.63, 3.8) is 0 Å². The molecule has 6 aliphatic heterocycles. The Morgan fingerprint density at radius 2 is 1.18 bits per heavy atom. The Morgan fingerprint density at radius 3 is 1.81 bits per heavy atom. The van der Waals surface area contributed by atoms with E-state index in [4.69, 9.17) is 65.8 Å². The van der Waals surface area contributed by atoms with Crippen molar-refractivity contribution in [3.05, 3.63) is 180 Å². The number of aliphatic hydroxyl groups excluding tert-OH is 6. The molecule has 120 heavy (non-hydrogen) atoms. The second kappa shape index (κ2) is 43.4. The molecule has 6 heterocycles. The van der Waals surface area contributed by atoms with Gasteiger partial charge in [0, 0.05) is 36.3 Å². The molecule has 0 aromatic heterocycles. The Kier molecular flexibility index (Phi) is 33.4. The Labute approximate surface area is 701 Å². The zero-order valence-electron chi connectivity index (χ0n) is 66.3. The summed E-state index contributed by atoms with van der Waals surface area (Å²) in [5.74, 6) is -13.6. The molecule has 6 aliphatic rings. The van der Waals surface area contributed by atoms with Crippen LogP contribution in [0.4, 0.5) is 9.59 Å². The number of benzene rings is 5. The topological polar surface area (TPSA) is 475 Å². The number of ether oxygens (including phenoxy) is 9. The van der Waals surface area contributed by atoms with E-state index in [0.717, 1.165) is 73.4 Å². The minimum atomic E-state index is -2.40. The third kappa shape index (κ3) is 23.1. The highest BCUT2D eigenvalue weighted by atomic mass is 35.5. The quantitative estimate of drug-likeness (QED) is 0.0123. The van der Waals surface area contributed by atoms with Crippen molar-refractivity contribution < 1.29 is 121 Å². The number of halogens is 2. The summed E-state index contributed by atoms with van der Waals surface area (Å²) in [6, 6.07) is -0.0326. The molecule has 10 amide bonds. The number of fused-ring (bicyclic) bond motifs is 15. The molecule has 34 nitrogen and oxygen atoms in total. The third-order valence-electron chi connectivity index (χ3n) is 19.5. The van der Waals surface area contributed by atoms with Crippen molar-refractivity contribution in [3.8, 4) is 57.1 Å². The Morgan fingerprint density at radius 1 is 0.600 bits per heavy atom. The van der Waals surface area contributed by atoms with Gasteiger partial charge in [-0.2, -0.15) is 0 Å². The summed E-state index contributed by atoms with van der Waals surface area (Å²) in [5.41, 5.74) is -1.38. The number of nitrogens with one attached hydrogen (secondary N) is 8. The molecule has 11 rings (SSSR count). The van der Waals surface area contributed by atoms with Crippen LogP contribution in [0.25, 0.3) is 11.1 Å². The molecule has 644 valence electrons. The standard InChI is InChI=1S/C84H99Cl2N9O25/c1-10-16-17-18-19-20-27-87-83(110)89-62(97)41-53-75(103)90-65-47-37-59(117-56-25-22-45(35-51(56)85)69(98)67(79(107)88-53)93-76(104)54(33-43(7)8)95(9)84(111)116-32-15-6)74(120-82-73(102)72(101)71(100)61(42-96)119-82)60(38-47)118-57-26-23-46(36-52(57)86)70(99)68-80(108)92-66(81(109)115-31-14-5)50-39-48(112-28-11-2)40-58(114-30-13-4)63(50)49-34-44(21-24-55(49)113-29-12-3)64(77(105)94-68)91-78(65)106/h11-15,21-26,34-40,43,53-54,61,64-73,82,96,98-102H,2-6,10,16-20,27-33,41-42H2,1,7-9H3,(H,88,107)(H,90,103)(H,91,106)(H,92,108)(H,93,104)(H,94,105)(H2,87,89,97,110)/t53-,54+,61?,64+,65+,66-,67+,68+,69+,70+,71?,72?,73?,82?/m0/s1. The van der Waals surface area contributed by atoms with Crippen LogP contribution in [-0.4, -0.2) is 203 Å². The zero-order valence-corrected chi connectivity index (χ0v) is 67.8. The molecule has 14 atom stereocenters. The third-order valence-corrected chi connectivity index (χ3v) is 20.1.